The van der Waals surface area contributed by atoms with Crippen LogP contribution in [0.1, 0.15) is 5.69 Å². The van der Waals surface area contributed by atoms with E-state index in [0.717, 1.165) is 6.07 Å². The Balaban J connectivity index is 2.40. The second-order valence-electron chi connectivity index (χ2n) is 3.59. The van der Waals surface area contributed by atoms with Gasteiger partial charge in [-0.1, -0.05) is 17.7 Å². The highest BCUT2D eigenvalue weighted by molar-refractivity contribution is 7.92. The topological polar surface area (TPSA) is 74.8 Å². The van der Waals surface area contributed by atoms with Gasteiger partial charge < -0.3 is 0 Å². The lowest BCUT2D eigenvalue weighted by molar-refractivity contribution is 0.570. The van der Waals surface area contributed by atoms with Crippen LogP contribution in [-0.4, -0.2) is 18.6 Å². The molecule has 2 aromatic rings. The SMILES string of the molecule is Cc1cc(NS(=O)(=O)c2cccc(Cl)c2F)n[nH]1. The first-order valence-corrected chi connectivity index (χ1v) is 6.75. The molecule has 0 spiro atoms. The zero-order valence-electron chi connectivity index (χ0n) is 9.24. The molecule has 0 atom stereocenters. The van der Waals surface area contributed by atoms with Crippen LogP contribution < -0.4 is 4.72 Å². The maximum absolute atomic E-state index is 13.6. The van der Waals surface area contributed by atoms with Crippen molar-refractivity contribution < 1.29 is 12.8 Å². The summed E-state index contributed by atoms with van der Waals surface area (Å²) in [6.07, 6.45) is 0. The minimum Gasteiger partial charge on any atom is -0.281 e. The van der Waals surface area contributed by atoms with E-state index in [1.54, 1.807) is 6.92 Å². The van der Waals surface area contributed by atoms with Crippen LogP contribution in [0.3, 0.4) is 0 Å². The van der Waals surface area contributed by atoms with E-state index in [1.807, 2.05) is 0 Å². The lowest BCUT2D eigenvalue weighted by atomic mass is 10.3. The second kappa shape index (κ2) is 4.58. The maximum atomic E-state index is 13.6. The molecule has 96 valence electrons. The van der Waals surface area contributed by atoms with Crippen LogP contribution in [0.15, 0.2) is 29.2 Å². The molecule has 0 aliphatic carbocycles. The van der Waals surface area contributed by atoms with E-state index in [9.17, 15) is 12.8 Å². The van der Waals surface area contributed by atoms with Gasteiger partial charge in [-0.15, -0.1) is 0 Å². The summed E-state index contributed by atoms with van der Waals surface area (Å²) in [7, 11) is -4.05. The van der Waals surface area contributed by atoms with Crippen molar-refractivity contribution in [3.63, 3.8) is 0 Å². The molecule has 0 aliphatic heterocycles. The van der Waals surface area contributed by atoms with Crippen molar-refractivity contribution in [2.24, 2.45) is 0 Å². The van der Waals surface area contributed by atoms with Crippen molar-refractivity contribution in [1.82, 2.24) is 10.2 Å². The summed E-state index contributed by atoms with van der Waals surface area (Å²) in [5, 5.41) is 6.03. The van der Waals surface area contributed by atoms with Gasteiger partial charge in [0.1, 0.15) is 4.90 Å². The lowest BCUT2D eigenvalue weighted by Gasteiger charge is -2.06. The van der Waals surface area contributed by atoms with Crippen molar-refractivity contribution in [1.29, 1.82) is 0 Å². The molecule has 0 unspecified atom stereocenters. The highest BCUT2D eigenvalue weighted by atomic mass is 35.5. The summed E-state index contributed by atoms with van der Waals surface area (Å²) in [4.78, 5) is -0.518. The fourth-order valence-corrected chi connectivity index (χ4v) is 2.68. The molecule has 0 aliphatic rings. The van der Waals surface area contributed by atoms with Gasteiger partial charge in [0.2, 0.25) is 0 Å². The molecule has 0 fully saturated rings. The zero-order valence-corrected chi connectivity index (χ0v) is 10.8. The molecular formula is C10H9ClFN3O2S. The van der Waals surface area contributed by atoms with Crippen molar-refractivity contribution in [2.75, 3.05) is 4.72 Å². The first-order valence-electron chi connectivity index (χ1n) is 4.89. The van der Waals surface area contributed by atoms with E-state index in [2.05, 4.69) is 14.9 Å². The van der Waals surface area contributed by atoms with Crippen LogP contribution in [-0.2, 0) is 10.0 Å². The molecule has 1 aromatic carbocycles. The van der Waals surface area contributed by atoms with Crippen LogP contribution in [0.5, 0.6) is 0 Å². The number of aryl methyl sites for hydroxylation is 1. The van der Waals surface area contributed by atoms with Gasteiger partial charge >= 0.3 is 0 Å². The van der Waals surface area contributed by atoms with Crippen molar-refractivity contribution >= 4 is 27.4 Å². The normalized spacial score (nSPS) is 11.5. The van der Waals surface area contributed by atoms with Crippen LogP contribution in [0.25, 0.3) is 0 Å². The predicted molar refractivity (Wildman–Crippen MR) is 65.5 cm³/mol. The van der Waals surface area contributed by atoms with E-state index in [0.29, 0.717) is 5.69 Å². The van der Waals surface area contributed by atoms with Gasteiger partial charge in [-0.25, -0.2) is 12.8 Å². The Morgan fingerprint density at radius 2 is 2.17 bits per heavy atom. The Morgan fingerprint density at radius 1 is 1.44 bits per heavy atom. The van der Waals surface area contributed by atoms with Gasteiger partial charge in [0.25, 0.3) is 10.0 Å². The Kier molecular flexibility index (Phi) is 3.27. The standard InChI is InChI=1S/C10H9ClFN3O2S/c1-6-5-9(14-13-6)15-18(16,17)8-4-2-3-7(11)10(8)12/h2-5H,1H3,(H2,13,14,15). The summed E-state index contributed by atoms with van der Waals surface area (Å²) in [6, 6.07) is 5.24. The summed E-state index contributed by atoms with van der Waals surface area (Å²) < 4.78 is 39.6. The van der Waals surface area contributed by atoms with Crippen molar-refractivity contribution in [2.45, 2.75) is 11.8 Å². The fourth-order valence-electron chi connectivity index (χ4n) is 1.35. The minimum absolute atomic E-state index is 0.0897. The zero-order chi connectivity index (χ0) is 13.3. The van der Waals surface area contributed by atoms with Gasteiger partial charge in [0.15, 0.2) is 11.6 Å². The maximum Gasteiger partial charge on any atom is 0.266 e. The number of aromatic amines is 1. The molecule has 5 nitrogen and oxygen atoms in total. The number of nitrogens with zero attached hydrogens (tertiary/aromatic N) is 1. The average Bonchev–Trinajstić information content (AvgIpc) is 2.67. The molecule has 0 saturated heterocycles. The Labute approximate surface area is 108 Å². The Morgan fingerprint density at radius 3 is 2.78 bits per heavy atom. The van der Waals surface area contributed by atoms with Crippen LogP contribution in [0, 0.1) is 12.7 Å². The first-order chi connectivity index (χ1) is 8.40. The van der Waals surface area contributed by atoms with Gasteiger partial charge in [0.05, 0.1) is 5.02 Å². The summed E-state index contributed by atoms with van der Waals surface area (Å²) in [5.41, 5.74) is 0.680. The number of halogens is 2. The first kappa shape index (κ1) is 12.8. The largest absolute Gasteiger partial charge is 0.281 e. The van der Waals surface area contributed by atoms with E-state index in [4.69, 9.17) is 11.6 Å². The van der Waals surface area contributed by atoms with Crippen LogP contribution >= 0.6 is 11.6 Å². The highest BCUT2D eigenvalue weighted by Crippen LogP contribution is 2.23. The number of anilines is 1. The monoisotopic (exact) mass is 289 g/mol. The minimum atomic E-state index is -4.05. The molecule has 0 amide bonds. The summed E-state index contributed by atoms with van der Waals surface area (Å²) in [6.45, 7) is 1.71. The number of aromatic nitrogens is 2. The van der Waals surface area contributed by atoms with Gasteiger partial charge in [-0.3, -0.25) is 9.82 Å². The van der Waals surface area contributed by atoms with Gasteiger partial charge in [0, 0.05) is 11.8 Å². The Bertz CT molecular complexity index is 684. The highest BCUT2D eigenvalue weighted by Gasteiger charge is 2.21. The van der Waals surface area contributed by atoms with Crippen molar-refractivity contribution in [3.8, 4) is 0 Å². The third-order valence-electron chi connectivity index (χ3n) is 2.15. The van der Waals surface area contributed by atoms with E-state index >= 15 is 0 Å². The second-order valence-corrected chi connectivity index (χ2v) is 5.65. The number of hydrogen-bond donors (Lipinski definition) is 2. The third kappa shape index (κ3) is 2.46. The number of benzene rings is 1. The number of nitrogens with one attached hydrogen (secondary N) is 2. The lowest BCUT2D eigenvalue weighted by Crippen LogP contribution is -2.15. The molecule has 2 N–H and O–H groups in total. The fraction of sp³-hybridized carbons (Fsp3) is 0.100. The molecule has 1 heterocycles. The molecule has 1 aromatic heterocycles. The van der Waals surface area contributed by atoms with E-state index < -0.39 is 20.7 Å². The van der Waals surface area contributed by atoms with E-state index in [1.165, 1.54) is 18.2 Å². The molecular weight excluding hydrogens is 281 g/mol. The Hall–Kier alpha value is -1.60. The molecule has 0 bridgehead atoms. The third-order valence-corrected chi connectivity index (χ3v) is 3.81. The van der Waals surface area contributed by atoms with Crippen LogP contribution in [0.2, 0.25) is 5.02 Å². The van der Waals surface area contributed by atoms with Crippen molar-refractivity contribution in [3.05, 3.63) is 40.8 Å². The summed E-state index contributed by atoms with van der Waals surface area (Å²) >= 11 is 5.54. The molecule has 18 heavy (non-hydrogen) atoms. The molecule has 2 rings (SSSR count). The van der Waals surface area contributed by atoms with Gasteiger partial charge in [-0.2, -0.15) is 5.10 Å². The summed E-state index contributed by atoms with van der Waals surface area (Å²) in [5.74, 6) is -0.897. The quantitative estimate of drug-likeness (QED) is 0.910. The number of sulfonamides is 1. The van der Waals surface area contributed by atoms with Gasteiger partial charge in [-0.05, 0) is 19.1 Å². The number of rotatable bonds is 3. The average molecular weight is 290 g/mol. The molecule has 0 saturated carbocycles. The predicted octanol–water partition coefficient (Wildman–Crippen LogP) is 2.31. The molecule has 0 radical (unpaired) electrons. The molecule has 8 heteroatoms. The number of H-pyrrole nitrogens is 1. The number of hydrogen-bond acceptors (Lipinski definition) is 3. The van der Waals surface area contributed by atoms with Crippen LogP contribution in [0.4, 0.5) is 10.2 Å². The smallest absolute Gasteiger partial charge is 0.266 e. The van der Waals surface area contributed by atoms with E-state index in [-0.39, 0.29) is 10.8 Å².